The monoisotopic (exact) mass is 438 g/mol. The van der Waals surface area contributed by atoms with Crippen LogP contribution < -0.4 is 5.32 Å². The highest BCUT2D eigenvalue weighted by Gasteiger charge is 2.38. The van der Waals surface area contributed by atoms with Crippen LogP contribution in [-0.4, -0.2) is 22.8 Å². The van der Waals surface area contributed by atoms with Crippen LogP contribution in [0.5, 0.6) is 0 Å². The van der Waals surface area contributed by atoms with Crippen LogP contribution in [0.3, 0.4) is 0 Å². The molecule has 0 saturated heterocycles. The van der Waals surface area contributed by atoms with Gasteiger partial charge < -0.3 is 10.2 Å². The highest BCUT2D eigenvalue weighted by molar-refractivity contribution is 7.12. The third kappa shape index (κ3) is 4.65. The first kappa shape index (κ1) is 20.8. The van der Waals surface area contributed by atoms with Gasteiger partial charge in [-0.05, 0) is 48.2 Å². The number of benzene rings is 1. The van der Waals surface area contributed by atoms with Crippen LogP contribution in [0.25, 0.3) is 0 Å². The molecule has 0 aliphatic heterocycles. The Kier molecular flexibility index (Phi) is 6.65. The van der Waals surface area contributed by atoms with Crippen molar-refractivity contribution < 1.29 is 9.59 Å². The minimum absolute atomic E-state index is 0.0475. The van der Waals surface area contributed by atoms with E-state index in [4.69, 9.17) is 0 Å². The van der Waals surface area contributed by atoms with Crippen molar-refractivity contribution >= 4 is 34.5 Å². The zero-order valence-corrected chi connectivity index (χ0v) is 18.7. The van der Waals surface area contributed by atoms with E-state index in [0.29, 0.717) is 11.4 Å². The molecule has 2 aromatic heterocycles. The first-order chi connectivity index (χ1) is 14.6. The largest absolute Gasteiger partial charge is 0.349 e. The van der Waals surface area contributed by atoms with Gasteiger partial charge in [-0.2, -0.15) is 0 Å². The van der Waals surface area contributed by atoms with Crippen LogP contribution >= 0.6 is 22.7 Å². The average Bonchev–Trinajstić information content (AvgIpc) is 3.53. The SMILES string of the molecule is Cc1ccc([C@H](C(=O)NCc2cccs2)N(C(=O)c2cccs2)C2CCCC2)cc1. The summed E-state index contributed by atoms with van der Waals surface area (Å²) in [6.45, 7) is 2.51. The molecule has 0 radical (unpaired) electrons. The summed E-state index contributed by atoms with van der Waals surface area (Å²) in [5.74, 6) is -0.169. The number of nitrogens with one attached hydrogen (secondary N) is 1. The maximum atomic E-state index is 13.6. The second kappa shape index (κ2) is 9.58. The molecular weight excluding hydrogens is 412 g/mol. The van der Waals surface area contributed by atoms with E-state index in [2.05, 4.69) is 5.32 Å². The van der Waals surface area contributed by atoms with Crippen LogP contribution in [0.15, 0.2) is 59.3 Å². The Hall–Kier alpha value is -2.44. The van der Waals surface area contributed by atoms with Crippen molar-refractivity contribution in [2.75, 3.05) is 0 Å². The zero-order valence-electron chi connectivity index (χ0n) is 17.0. The molecule has 30 heavy (non-hydrogen) atoms. The van der Waals surface area contributed by atoms with Crippen molar-refractivity contribution in [3.05, 3.63) is 80.2 Å². The van der Waals surface area contributed by atoms with Crippen molar-refractivity contribution in [2.24, 2.45) is 0 Å². The normalized spacial score (nSPS) is 15.1. The fourth-order valence-corrected chi connectivity index (χ4v) is 5.39. The number of aryl methyl sites for hydroxylation is 1. The maximum absolute atomic E-state index is 13.6. The fraction of sp³-hybridized carbons (Fsp3) is 0.333. The molecule has 1 aromatic carbocycles. The molecule has 0 spiro atoms. The van der Waals surface area contributed by atoms with E-state index < -0.39 is 6.04 Å². The minimum atomic E-state index is -0.636. The Balaban J connectivity index is 1.69. The number of carbonyl (C=O) groups is 2. The molecule has 0 unspecified atom stereocenters. The predicted octanol–water partition coefficient (Wildman–Crippen LogP) is 5.56. The average molecular weight is 439 g/mol. The Morgan fingerprint density at radius 1 is 1.03 bits per heavy atom. The standard InChI is InChI=1S/C24H26N2O2S2/c1-17-10-12-18(13-11-17)22(23(27)25-16-20-8-4-14-29-20)26(19-6-2-3-7-19)24(28)21-9-5-15-30-21/h4-5,8-15,19,22H,2-3,6-7,16H2,1H3,(H,25,27)/t22-/m1/s1. The molecule has 0 bridgehead atoms. The third-order valence-electron chi connectivity index (χ3n) is 5.62. The van der Waals surface area contributed by atoms with Crippen molar-refractivity contribution in [2.45, 2.75) is 51.2 Å². The van der Waals surface area contributed by atoms with Crippen molar-refractivity contribution in [1.82, 2.24) is 10.2 Å². The van der Waals surface area contributed by atoms with Gasteiger partial charge >= 0.3 is 0 Å². The van der Waals surface area contributed by atoms with E-state index in [1.54, 1.807) is 11.3 Å². The van der Waals surface area contributed by atoms with E-state index in [0.717, 1.165) is 41.7 Å². The zero-order chi connectivity index (χ0) is 20.9. The molecule has 1 fully saturated rings. The van der Waals surface area contributed by atoms with Gasteiger partial charge in [0.05, 0.1) is 11.4 Å². The van der Waals surface area contributed by atoms with Crippen molar-refractivity contribution in [1.29, 1.82) is 0 Å². The quantitative estimate of drug-likeness (QED) is 0.525. The number of nitrogens with zero attached hydrogens (tertiary/aromatic N) is 1. The minimum Gasteiger partial charge on any atom is -0.349 e. The third-order valence-corrected chi connectivity index (χ3v) is 7.36. The van der Waals surface area contributed by atoms with Gasteiger partial charge in [0.1, 0.15) is 6.04 Å². The smallest absolute Gasteiger partial charge is 0.265 e. The fourth-order valence-electron chi connectivity index (χ4n) is 4.07. The van der Waals surface area contributed by atoms with E-state index in [1.807, 2.05) is 71.1 Å². The Bertz CT molecular complexity index is 959. The molecule has 4 rings (SSSR count). The molecule has 2 amide bonds. The highest BCUT2D eigenvalue weighted by Crippen LogP contribution is 2.34. The van der Waals surface area contributed by atoms with Gasteiger partial charge in [-0.15, -0.1) is 22.7 Å². The number of carbonyl (C=O) groups excluding carboxylic acids is 2. The first-order valence-corrected chi connectivity index (χ1v) is 12.1. The van der Waals surface area contributed by atoms with E-state index in [1.165, 1.54) is 11.3 Å². The van der Waals surface area contributed by atoms with Gasteiger partial charge in [-0.3, -0.25) is 9.59 Å². The van der Waals surface area contributed by atoms with Gasteiger partial charge in [0.2, 0.25) is 5.91 Å². The molecule has 156 valence electrons. The summed E-state index contributed by atoms with van der Waals surface area (Å²) >= 11 is 3.05. The molecule has 1 saturated carbocycles. The summed E-state index contributed by atoms with van der Waals surface area (Å²) in [5.41, 5.74) is 1.99. The summed E-state index contributed by atoms with van der Waals surface area (Å²) in [4.78, 5) is 30.7. The number of rotatable bonds is 7. The van der Waals surface area contributed by atoms with Crippen LogP contribution in [-0.2, 0) is 11.3 Å². The maximum Gasteiger partial charge on any atom is 0.265 e. The summed E-state index contributed by atoms with van der Waals surface area (Å²) < 4.78 is 0. The lowest BCUT2D eigenvalue weighted by atomic mass is 9.99. The van der Waals surface area contributed by atoms with Crippen LogP contribution in [0, 0.1) is 6.92 Å². The molecular formula is C24H26N2O2S2. The van der Waals surface area contributed by atoms with Crippen molar-refractivity contribution in [3.8, 4) is 0 Å². The second-order valence-electron chi connectivity index (χ2n) is 7.74. The van der Waals surface area contributed by atoms with Gasteiger partial charge in [0.15, 0.2) is 0 Å². The van der Waals surface area contributed by atoms with Gasteiger partial charge in [-0.1, -0.05) is 54.8 Å². The van der Waals surface area contributed by atoms with Gasteiger partial charge in [0.25, 0.3) is 5.91 Å². The number of amides is 2. The summed E-state index contributed by atoms with van der Waals surface area (Å²) in [5, 5.41) is 7.00. The molecule has 1 aliphatic rings. The molecule has 2 heterocycles. The number of hydrogen-bond acceptors (Lipinski definition) is 4. The first-order valence-electron chi connectivity index (χ1n) is 10.4. The van der Waals surface area contributed by atoms with E-state index >= 15 is 0 Å². The summed E-state index contributed by atoms with van der Waals surface area (Å²) in [6, 6.07) is 15.2. The lowest BCUT2D eigenvalue weighted by molar-refractivity contribution is -0.126. The molecule has 3 aromatic rings. The van der Waals surface area contributed by atoms with E-state index in [9.17, 15) is 9.59 Å². The Morgan fingerprint density at radius 3 is 2.37 bits per heavy atom. The van der Waals surface area contributed by atoms with Gasteiger partial charge in [0, 0.05) is 10.9 Å². The molecule has 1 aliphatic carbocycles. The number of thiophene rings is 2. The summed E-state index contributed by atoms with van der Waals surface area (Å²) in [6.07, 6.45) is 4.07. The van der Waals surface area contributed by atoms with Crippen LogP contribution in [0.1, 0.15) is 57.4 Å². The molecule has 1 atom stereocenters. The topological polar surface area (TPSA) is 49.4 Å². The number of hydrogen-bond donors (Lipinski definition) is 1. The molecule has 1 N–H and O–H groups in total. The van der Waals surface area contributed by atoms with Crippen molar-refractivity contribution in [3.63, 3.8) is 0 Å². The lowest BCUT2D eigenvalue weighted by Gasteiger charge is -2.36. The molecule has 6 heteroatoms. The van der Waals surface area contributed by atoms with Crippen LogP contribution in [0.2, 0.25) is 0 Å². The summed E-state index contributed by atoms with van der Waals surface area (Å²) in [7, 11) is 0. The van der Waals surface area contributed by atoms with E-state index in [-0.39, 0.29) is 17.9 Å². The van der Waals surface area contributed by atoms with Gasteiger partial charge in [-0.25, -0.2) is 0 Å². The van der Waals surface area contributed by atoms with Crippen LogP contribution in [0.4, 0.5) is 0 Å². The lowest BCUT2D eigenvalue weighted by Crippen LogP contribution is -2.47. The predicted molar refractivity (Wildman–Crippen MR) is 123 cm³/mol. The highest BCUT2D eigenvalue weighted by atomic mass is 32.1. The Morgan fingerprint density at radius 2 is 1.73 bits per heavy atom. The second-order valence-corrected chi connectivity index (χ2v) is 9.72. The Labute approximate surface area is 185 Å². The molecule has 4 nitrogen and oxygen atoms in total.